The molecule has 0 saturated heterocycles. The van der Waals surface area contributed by atoms with Gasteiger partial charge in [-0.15, -0.1) is 11.6 Å². The van der Waals surface area contributed by atoms with Gasteiger partial charge in [-0.1, -0.05) is 51.3 Å². The average molecular weight is 358 g/mol. The predicted molar refractivity (Wildman–Crippen MR) is 87.4 cm³/mol. The molecule has 100 valence electrons. The molecule has 0 N–H and O–H groups in total. The van der Waals surface area contributed by atoms with Crippen LogP contribution in [0.25, 0.3) is 0 Å². The van der Waals surface area contributed by atoms with Crippen LogP contribution in [0.2, 0.25) is 5.02 Å². The molecule has 1 atom stereocenters. The van der Waals surface area contributed by atoms with Crippen molar-refractivity contribution < 1.29 is 0 Å². The first-order valence-corrected chi connectivity index (χ1v) is 7.72. The fraction of sp³-hybridized carbons (Fsp3) is 0.250. The number of benzene rings is 2. The van der Waals surface area contributed by atoms with Crippen molar-refractivity contribution >= 4 is 39.1 Å². The number of rotatable bonds is 3. The van der Waals surface area contributed by atoms with Crippen LogP contribution < -0.4 is 0 Å². The Morgan fingerprint density at radius 2 is 1.84 bits per heavy atom. The van der Waals surface area contributed by atoms with Crippen LogP contribution in [0, 0.1) is 13.8 Å². The molecule has 0 aromatic heterocycles. The third-order valence-corrected chi connectivity index (χ3v) is 4.23. The lowest BCUT2D eigenvalue weighted by atomic mass is 9.98. The van der Waals surface area contributed by atoms with Gasteiger partial charge in [0.05, 0.1) is 5.38 Å². The molecule has 19 heavy (non-hydrogen) atoms. The van der Waals surface area contributed by atoms with Gasteiger partial charge in [0.2, 0.25) is 0 Å². The fourth-order valence-corrected chi connectivity index (χ4v) is 3.27. The highest BCUT2D eigenvalue weighted by Crippen LogP contribution is 2.31. The van der Waals surface area contributed by atoms with Crippen molar-refractivity contribution in [1.82, 2.24) is 0 Å². The topological polar surface area (TPSA) is 0 Å². The molecule has 0 fully saturated rings. The molecule has 0 aliphatic rings. The summed E-state index contributed by atoms with van der Waals surface area (Å²) in [7, 11) is 0. The van der Waals surface area contributed by atoms with E-state index in [-0.39, 0.29) is 5.38 Å². The lowest BCUT2D eigenvalue weighted by Gasteiger charge is -2.13. The fourth-order valence-electron chi connectivity index (χ4n) is 2.09. The highest BCUT2D eigenvalue weighted by atomic mass is 79.9. The number of alkyl halides is 1. The summed E-state index contributed by atoms with van der Waals surface area (Å²) in [6.45, 7) is 4.22. The van der Waals surface area contributed by atoms with Gasteiger partial charge in [-0.05, 0) is 55.2 Å². The molecule has 1 unspecified atom stereocenters. The number of halogens is 3. The molecule has 0 bridgehead atoms. The van der Waals surface area contributed by atoms with Gasteiger partial charge in [0.1, 0.15) is 0 Å². The molecule has 0 saturated carbocycles. The molecule has 3 heteroatoms. The van der Waals surface area contributed by atoms with Crippen molar-refractivity contribution in [2.75, 3.05) is 0 Å². The summed E-state index contributed by atoms with van der Waals surface area (Å²) in [4.78, 5) is 0. The van der Waals surface area contributed by atoms with E-state index in [1.807, 2.05) is 18.2 Å². The van der Waals surface area contributed by atoms with Gasteiger partial charge in [-0.25, -0.2) is 0 Å². The first-order valence-electron chi connectivity index (χ1n) is 6.12. The van der Waals surface area contributed by atoms with Crippen LogP contribution >= 0.6 is 39.1 Å². The lowest BCUT2D eigenvalue weighted by Crippen LogP contribution is -1.99. The smallest absolute Gasteiger partial charge is 0.0626 e. The summed E-state index contributed by atoms with van der Waals surface area (Å²) in [6.07, 6.45) is 0.807. The van der Waals surface area contributed by atoms with E-state index in [1.165, 1.54) is 16.7 Å². The van der Waals surface area contributed by atoms with Gasteiger partial charge in [-0.3, -0.25) is 0 Å². The summed E-state index contributed by atoms with van der Waals surface area (Å²) >= 11 is 16.0. The van der Waals surface area contributed by atoms with Crippen LogP contribution in [-0.2, 0) is 6.42 Å². The second-order valence-corrected chi connectivity index (χ2v) is 6.68. The van der Waals surface area contributed by atoms with E-state index in [2.05, 4.69) is 48.0 Å². The van der Waals surface area contributed by atoms with E-state index in [1.54, 1.807) is 0 Å². The van der Waals surface area contributed by atoms with Gasteiger partial charge in [0.15, 0.2) is 0 Å². The monoisotopic (exact) mass is 356 g/mol. The number of hydrogen-bond acceptors (Lipinski definition) is 0. The summed E-state index contributed by atoms with van der Waals surface area (Å²) in [5.41, 5.74) is 4.87. The minimum atomic E-state index is -0.0736. The SMILES string of the molecule is Cc1ccc(C)c(CC(Cl)c2cc(Cl)cc(Br)c2)c1. The van der Waals surface area contributed by atoms with Gasteiger partial charge in [0, 0.05) is 9.50 Å². The van der Waals surface area contributed by atoms with Gasteiger partial charge in [0.25, 0.3) is 0 Å². The molecule has 0 amide bonds. The third-order valence-electron chi connectivity index (χ3n) is 3.15. The zero-order valence-corrected chi connectivity index (χ0v) is 14.0. The molecular formula is C16H15BrCl2. The Morgan fingerprint density at radius 3 is 2.53 bits per heavy atom. The Bertz CT molecular complexity index is 573. The standard InChI is InChI=1S/C16H15BrCl2/c1-10-3-4-11(2)12(5-10)8-16(19)13-6-14(17)9-15(18)7-13/h3-7,9,16H,8H2,1-2H3. The second kappa shape index (κ2) is 6.30. The van der Waals surface area contributed by atoms with Crippen LogP contribution in [0.4, 0.5) is 0 Å². The highest BCUT2D eigenvalue weighted by molar-refractivity contribution is 9.10. The van der Waals surface area contributed by atoms with Gasteiger partial charge in [-0.2, -0.15) is 0 Å². The number of aryl methyl sites for hydroxylation is 2. The molecule has 0 aliphatic heterocycles. The van der Waals surface area contributed by atoms with Crippen molar-refractivity contribution in [2.24, 2.45) is 0 Å². The van der Waals surface area contributed by atoms with E-state index in [4.69, 9.17) is 23.2 Å². The Labute approximate surface area is 132 Å². The van der Waals surface area contributed by atoms with E-state index in [0.29, 0.717) is 5.02 Å². The predicted octanol–water partition coefficient (Wildman–Crippen LogP) is 6.24. The Morgan fingerprint density at radius 1 is 1.11 bits per heavy atom. The van der Waals surface area contributed by atoms with Gasteiger partial charge >= 0.3 is 0 Å². The number of hydrogen-bond donors (Lipinski definition) is 0. The zero-order chi connectivity index (χ0) is 14.0. The van der Waals surface area contributed by atoms with Crippen LogP contribution in [0.1, 0.15) is 27.6 Å². The molecule has 2 rings (SSSR count). The van der Waals surface area contributed by atoms with Crippen molar-refractivity contribution in [1.29, 1.82) is 0 Å². The summed E-state index contributed by atoms with van der Waals surface area (Å²) in [6, 6.07) is 12.3. The Kier molecular flexibility index (Phi) is 4.94. The van der Waals surface area contributed by atoms with Crippen molar-refractivity contribution in [3.8, 4) is 0 Å². The summed E-state index contributed by atoms with van der Waals surface area (Å²) in [5.74, 6) is 0. The van der Waals surface area contributed by atoms with Crippen LogP contribution in [0.15, 0.2) is 40.9 Å². The molecule has 0 heterocycles. The van der Waals surface area contributed by atoms with Crippen LogP contribution in [-0.4, -0.2) is 0 Å². The molecule has 2 aromatic rings. The molecule has 0 spiro atoms. The van der Waals surface area contributed by atoms with Crippen molar-refractivity contribution in [3.63, 3.8) is 0 Å². The first kappa shape index (κ1) is 14.9. The molecule has 0 aliphatic carbocycles. The van der Waals surface area contributed by atoms with Crippen molar-refractivity contribution in [2.45, 2.75) is 25.6 Å². The Hall–Kier alpha value is -0.500. The molecule has 0 nitrogen and oxygen atoms in total. The van der Waals surface area contributed by atoms with E-state index >= 15 is 0 Å². The summed E-state index contributed by atoms with van der Waals surface area (Å²) < 4.78 is 0.960. The molecule has 0 radical (unpaired) electrons. The lowest BCUT2D eigenvalue weighted by molar-refractivity contribution is 0.908. The maximum absolute atomic E-state index is 6.53. The van der Waals surface area contributed by atoms with Crippen molar-refractivity contribution in [3.05, 3.63) is 68.1 Å². The average Bonchev–Trinajstić information content (AvgIpc) is 2.32. The maximum Gasteiger partial charge on any atom is 0.0626 e. The van der Waals surface area contributed by atoms with Crippen LogP contribution in [0.3, 0.4) is 0 Å². The van der Waals surface area contributed by atoms with E-state index in [9.17, 15) is 0 Å². The summed E-state index contributed by atoms with van der Waals surface area (Å²) in [5, 5.41) is 0.631. The zero-order valence-electron chi connectivity index (χ0n) is 10.9. The second-order valence-electron chi connectivity index (χ2n) is 4.80. The molecular weight excluding hydrogens is 343 g/mol. The van der Waals surface area contributed by atoms with E-state index < -0.39 is 0 Å². The highest BCUT2D eigenvalue weighted by Gasteiger charge is 2.12. The minimum Gasteiger partial charge on any atom is -0.117 e. The normalized spacial score (nSPS) is 12.5. The quantitative estimate of drug-likeness (QED) is 0.570. The molecule has 2 aromatic carbocycles. The van der Waals surface area contributed by atoms with Crippen LogP contribution in [0.5, 0.6) is 0 Å². The van der Waals surface area contributed by atoms with E-state index in [0.717, 1.165) is 16.5 Å². The maximum atomic E-state index is 6.53. The van der Waals surface area contributed by atoms with Gasteiger partial charge < -0.3 is 0 Å². The Balaban J connectivity index is 2.25. The first-order chi connectivity index (χ1) is 8.95. The largest absolute Gasteiger partial charge is 0.117 e. The minimum absolute atomic E-state index is 0.0736. The third kappa shape index (κ3) is 3.98.